The van der Waals surface area contributed by atoms with E-state index in [1.165, 1.54) is 4.90 Å². The van der Waals surface area contributed by atoms with E-state index in [2.05, 4.69) is 10.4 Å². The number of hydrogen-bond donors (Lipinski definition) is 3. The van der Waals surface area contributed by atoms with E-state index in [0.29, 0.717) is 30.3 Å². The lowest BCUT2D eigenvalue weighted by Gasteiger charge is -2.29. The van der Waals surface area contributed by atoms with Gasteiger partial charge in [0.1, 0.15) is 11.4 Å². The molecule has 2 aromatic carbocycles. The Morgan fingerprint density at radius 1 is 1.19 bits per heavy atom. The summed E-state index contributed by atoms with van der Waals surface area (Å²) >= 11 is 6.11. The van der Waals surface area contributed by atoms with Crippen LogP contribution in [0.2, 0.25) is 5.02 Å². The van der Waals surface area contributed by atoms with E-state index < -0.39 is 30.1 Å². The summed E-state index contributed by atoms with van der Waals surface area (Å²) in [6.07, 6.45) is 1.09. The van der Waals surface area contributed by atoms with Crippen LogP contribution in [0.3, 0.4) is 0 Å². The van der Waals surface area contributed by atoms with Crippen molar-refractivity contribution in [1.29, 1.82) is 0 Å². The number of carbonyl (C=O) groups excluding carboxylic acids is 2. The maximum atomic E-state index is 13.1. The van der Waals surface area contributed by atoms with Crippen LogP contribution in [0.1, 0.15) is 49.9 Å². The molecule has 3 aromatic rings. The third-order valence-electron chi connectivity index (χ3n) is 6.48. The summed E-state index contributed by atoms with van der Waals surface area (Å²) in [6.45, 7) is 4.47. The molecule has 1 fully saturated rings. The monoisotopic (exact) mass is 526 g/mol. The number of carbonyl (C=O) groups is 2. The van der Waals surface area contributed by atoms with Gasteiger partial charge in [0.25, 0.3) is 11.8 Å². The molecule has 10 heteroatoms. The van der Waals surface area contributed by atoms with Crippen molar-refractivity contribution in [2.45, 2.75) is 51.0 Å². The number of amides is 2. The summed E-state index contributed by atoms with van der Waals surface area (Å²) in [4.78, 5) is 27.4. The van der Waals surface area contributed by atoms with E-state index in [9.17, 15) is 19.8 Å². The standard InChI is InChI=1S/C27H31ClN4O5/c1-3-37-23-16-18(10-11-22(23)32-14-6-12-29-32)17(2)30-26(35)24(33)25(34)27(36)31-13-5-9-21(31)19-7-4-8-20(28)15-19/h4,6-8,10-12,14-17,21,24-25,33-34H,3,5,9,13H2,1-2H3,(H,30,35)/t17-,21-,24-,25-/m1/s1. The average molecular weight is 527 g/mol. The zero-order valence-electron chi connectivity index (χ0n) is 20.8. The van der Waals surface area contributed by atoms with Gasteiger partial charge in [-0.3, -0.25) is 9.59 Å². The Hall–Kier alpha value is -3.40. The highest BCUT2D eigenvalue weighted by molar-refractivity contribution is 6.30. The fourth-order valence-corrected chi connectivity index (χ4v) is 4.79. The van der Waals surface area contributed by atoms with Crippen molar-refractivity contribution in [2.75, 3.05) is 13.2 Å². The number of aliphatic hydroxyl groups is 2. The number of aliphatic hydroxyl groups excluding tert-OH is 2. The predicted molar refractivity (Wildman–Crippen MR) is 138 cm³/mol. The second-order valence-electron chi connectivity index (χ2n) is 8.98. The van der Waals surface area contributed by atoms with Crippen LogP contribution in [0.5, 0.6) is 5.75 Å². The topological polar surface area (TPSA) is 117 Å². The maximum Gasteiger partial charge on any atom is 0.255 e. The first-order chi connectivity index (χ1) is 17.8. The normalized spacial score (nSPS) is 17.8. The Morgan fingerprint density at radius 2 is 2.00 bits per heavy atom. The van der Waals surface area contributed by atoms with Crippen LogP contribution in [0.25, 0.3) is 5.69 Å². The summed E-state index contributed by atoms with van der Waals surface area (Å²) in [5.74, 6) is -0.956. The molecule has 196 valence electrons. The van der Waals surface area contributed by atoms with Crippen molar-refractivity contribution in [1.82, 2.24) is 20.0 Å². The van der Waals surface area contributed by atoms with E-state index in [0.717, 1.165) is 23.2 Å². The zero-order chi connectivity index (χ0) is 26.5. The SMILES string of the molecule is CCOc1cc([C@@H](C)NC(=O)[C@H](O)[C@@H](O)C(=O)N2CCC[C@@H]2c2cccc(Cl)c2)ccc1-n1cccn1. The smallest absolute Gasteiger partial charge is 0.255 e. The van der Waals surface area contributed by atoms with E-state index in [-0.39, 0.29) is 6.04 Å². The summed E-state index contributed by atoms with van der Waals surface area (Å²) in [5.41, 5.74) is 2.32. The van der Waals surface area contributed by atoms with E-state index in [1.54, 1.807) is 54.3 Å². The lowest BCUT2D eigenvalue weighted by Crippen LogP contribution is -2.50. The molecule has 0 spiro atoms. The van der Waals surface area contributed by atoms with Gasteiger partial charge in [-0.1, -0.05) is 29.8 Å². The molecule has 3 N–H and O–H groups in total. The van der Waals surface area contributed by atoms with Gasteiger partial charge in [0, 0.05) is 24.0 Å². The third kappa shape index (κ3) is 5.95. The first-order valence-electron chi connectivity index (χ1n) is 12.3. The molecular weight excluding hydrogens is 496 g/mol. The van der Waals surface area contributed by atoms with Gasteiger partial charge in [-0.2, -0.15) is 5.10 Å². The second kappa shape index (κ2) is 11.8. The average Bonchev–Trinajstić information content (AvgIpc) is 3.60. The third-order valence-corrected chi connectivity index (χ3v) is 6.72. The minimum Gasteiger partial charge on any atom is -0.492 e. The molecule has 0 bridgehead atoms. The van der Waals surface area contributed by atoms with Crippen molar-refractivity contribution < 1.29 is 24.5 Å². The van der Waals surface area contributed by atoms with Gasteiger partial charge in [-0.05, 0) is 68.1 Å². The number of aromatic nitrogens is 2. The number of benzene rings is 2. The van der Waals surface area contributed by atoms with Crippen LogP contribution in [0, 0.1) is 0 Å². The number of hydrogen-bond acceptors (Lipinski definition) is 6. The Balaban J connectivity index is 1.43. The van der Waals surface area contributed by atoms with Gasteiger partial charge in [-0.15, -0.1) is 0 Å². The minimum atomic E-state index is -1.93. The molecule has 0 saturated carbocycles. The van der Waals surface area contributed by atoms with Crippen molar-refractivity contribution in [3.05, 3.63) is 77.1 Å². The quantitative estimate of drug-likeness (QED) is 0.394. The highest BCUT2D eigenvalue weighted by Crippen LogP contribution is 2.34. The fourth-order valence-electron chi connectivity index (χ4n) is 4.59. The summed E-state index contributed by atoms with van der Waals surface area (Å²) in [7, 11) is 0. The molecule has 0 radical (unpaired) electrons. The largest absolute Gasteiger partial charge is 0.492 e. The highest BCUT2D eigenvalue weighted by Gasteiger charge is 2.38. The van der Waals surface area contributed by atoms with Crippen LogP contribution in [-0.2, 0) is 9.59 Å². The Kier molecular flexibility index (Phi) is 8.48. The molecular formula is C27H31ClN4O5. The number of ether oxygens (including phenoxy) is 1. The first-order valence-corrected chi connectivity index (χ1v) is 12.7. The number of halogens is 1. The minimum absolute atomic E-state index is 0.277. The molecule has 1 aliphatic rings. The summed E-state index contributed by atoms with van der Waals surface area (Å²) in [6, 6.07) is 13.6. The van der Waals surface area contributed by atoms with Gasteiger partial charge >= 0.3 is 0 Å². The van der Waals surface area contributed by atoms with Crippen molar-refractivity contribution in [3.63, 3.8) is 0 Å². The Morgan fingerprint density at radius 3 is 2.70 bits per heavy atom. The van der Waals surface area contributed by atoms with Crippen molar-refractivity contribution in [2.24, 2.45) is 0 Å². The van der Waals surface area contributed by atoms with E-state index in [1.807, 2.05) is 25.1 Å². The predicted octanol–water partition coefficient (Wildman–Crippen LogP) is 3.19. The van der Waals surface area contributed by atoms with Gasteiger partial charge in [0.15, 0.2) is 12.2 Å². The van der Waals surface area contributed by atoms with Crippen LogP contribution in [0.4, 0.5) is 0 Å². The lowest BCUT2D eigenvalue weighted by atomic mass is 10.0. The molecule has 4 atom stereocenters. The number of rotatable bonds is 9. The van der Waals surface area contributed by atoms with E-state index in [4.69, 9.17) is 16.3 Å². The molecule has 1 saturated heterocycles. The molecule has 2 amide bonds. The fraction of sp³-hybridized carbons (Fsp3) is 0.370. The molecule has 0 unspecified atom stereocenters. The van der Waals surface area contributed by atoms with Crippen LogP contribution < -0.4 is 10.1 Å². The zero-order valence-corrected chi connectivity index (χ0v) is 21.5. The van der Waals surface area contributed by atoms with Crippen LogP contribution in [-0.4, -0.2) is 62.1 Å². The molecule has 0 aliphatic carbocycles. The van der Waals surface area contributed by atoms with Crippen LogP contribution in [0.15, 0.2) is 60.9 Å². The molecule has 1 aromatic heterocycles. The molecule has 37 heavy (non-hydrogen) atoms. The summed E-state index contributed by atoms with van der Waals surface area (Å²) < 4.78 is 7.44. The van der Waals surface area contributed by atoms with Crippen molar-refractivity contribution >= 4 is 23.4 Å². The highest BCUT2D eigenvalue weighted by atomic mass is 35.5. The molecule has 9 nitrogen and oxygen atoms in total. The van der Waals surface area contributed by atoms with Gasteiger partial charge in [0.05, 0.1) is 18.7 Å². The Bertz CT molecular complexity index is 1240. The second-order valence-corrected chi connectivity index (χ2v) is 9.41. The number of nitrogens with one attached hydrogen (secondary N) is 1. The maximum absolute atomic E-state index is 13.1. The van der Waals surface area contributed by atoms with Crippen LogP contribution >= 0.6 is 11.6 Å². The molecule has 2 heterocycles. The Labute approximate surface area is 220 Å². The number of nitrogens with zero attached hydrogens (tertiary/aromatic N) is 3. The van der Waals surface area contributed by atoms with E-state index >= 15 is 0 Å². The molecule has 4 rings (SSSR count). The van der Waals surface area contributed by atoms with Gasteiger partial charge in [-0.25, -0.2) is 4.68 Å². The van der Waals surface area contributed by atoms with Gasteiger partial charge in [0.2, 0.25) is 0 Å². The summed E-state index contributed by atoms with van der Waals surface area (Å²) in [5, 5.41) is 28.6. The van der Waals surface area contributed by atoms with Gasteiger partial charge < -0.3 is 25.2 Å². The van der Waals surface area contributed by atoms with Crippen molar-refractivity contribution in [3.8, 4) is 11.4 Å². The lowest BCUT2D eigenvalue weighted by molar-refractivity contribution is -0.154. The first kappa shape index (κ1) is 26.7. The number of likely N-dealkylation sites (tertiary alicyclic amines) is 1. The molecule has 1 aliphatic heterocycles.